The summed E-state index contributed by atoms with van der Waals surface area (Å²) in [6.45, 7) is 69.7. The molecule has 0 N–H and O–H groups in total. The zero-order valence-electron chi connectivity index (χ0n) is 68.2. The van der Waals surface area contributed by atoms with E-state index in [9.17, 15) is 26.3 Å². The quantitative estimate of drug-likeness (QED) is 0.0579. The summed E-state index contributed by atoms with van der Waals surface area (Å²) < 4.78 is 73.9. The molecule has 0 spiro atoms. The van der Waals surface area contributed by atoms with Crippen molar-refractivity contribution in [3.63, 3.8) is 0 Å². The Kier molecular flexibility index (Phi) is 37.1. The molecule has 558 valence electrons. The van der Waals surface area contributed by atoms with E-state index < -0.39 is 12.9 Å². The van der Waals surface area contributed by atoms with E-state index in [1.54, 1.807) is 0 Å². The summed E-state index contributed by atoms with van der Waals surface area (Å²) in [4.78, 5) is 49.1. The number of nitrogens with zero attached hydrogens (tertiary/aromatic N) is 11. The molecule has 0 aliphatic rings. The van der Waals surface area contributed by atoms with Crippen molar-refractivity contribution < 1.29 is 26.3 Å². The van der Waals surface area contributed by atoms with Crippen LogP contribution in [0.1, 0.15) is 411 Å². The Morgan fingerprint density at radius 2 is 0.480 bits per heavy atom. The monoisotopic (exact) mass is 1380 g/mol. The third-order valence-corrected chi connectivity index (χ3v) is 17.8. The van der Waals surface area contributed by atoms with Gasteiger partial charge in [-0.05, 0) is 158 Å². The van der Waals surface area contributed by atoms with Crippen molar-refractivity contribution in [2.45, 2.75) is 374 Å². The van der Waals surface area contributed by atoms with Crippen LogP contribution < -0.4 is 0 Å². The van der Waals surface area contributed by atoms with E-state index in [0.29, 0.717) is 66.9 Å². The van der Waals surface area contributed by atoms with Crippen LogP contribution in [-0.2, 0) is 21.7 Å². The van der Waals surface area contributed by atoms with Crippen LogP contribution in [0.2, 0.25) is 0 Å². The molecular weight excluding hydrogens is 1240 g/mol. The molecule has 0 aliphatic heterocycles. The number of hydrogen-bond acceptors (Lipinski definition) is 11. The summed E-state index contributed by atoms with van der Waals surface area (Å²) in [6.07, 6.45) is -1.06. The van der Waals surface area contributed by atoms with Crippen LogP contribution in [0.25, 0.3) is 0 Å². The maximum atomic E-state index is 12.4. The third kappa shape index (κ3) is 28.4. The molecule has 0 saturated heterocycles. The maximum Gasteiger partial charge on any atom is 0.238 e. The van der Waals surface area contributed by atoms with Crippen molar-refractivity contribution in [1.29, 1.82) is 0 Å². The fourth-order valence-corrected chi connectivity index (χ4v) is 12.4. The lowest BCUT2D eigenvalue weighted by Gasteiger charge is -2.27. The number of hydrogen-bond donors (Lipinski definition) is 0. The van der Waals surface area contributed by atoms with Crippen LogP contribution in [0, 0.1) is 41.5 Å². The molecule has 0 amide bonds. The van der Waals surface area contributed by atoms with Crippen molar-refractivity contribution >= 4 is 0 Å². The number of rotatable bonds is 23. The molecule has 5 aromatic heterocycles. The smallest absolute Gasteiger partial charge is 0.238 e. The Hall–Kier alpha value is -5.06. The van der Waals surface area contributed by atoms with E-state index in [1.165, 1.54) is 33.5 Å². The van der Waals surface area contributed by atoms with Crippen molar-refractivity contribution in [1.82, 2.24) is 54.7 Å². The molecule has 5 rings (SSSR count). The lowest BCUT2D eigenvalue weighted by Crippen LogP contribution is -2.25. The second-order valence-electron chi connectivity index (χ2n) is 33.5. The molecule has 0 bridgehead atoms. The highest BCUT2D eigenvalue weighted by Gasteiger charge is 2.31. The molecule has 0 radical (unpaired) electrons. The summed E-state index contributed by atoms with van der Waals surface area (Å²) in [6, 6.07) is 0.237. The van der Waals surface area contributed by atoms with E-state index in [-0.39, 0.29) is 77.6 Å². The SMILES string of the molecule is Cc1nc([C@@H](C)CCC(F)F)nc(C(C)(C)C)c1C(C)C.Cc1nc([C@@H](C)CCCF)nc(C(C)(C)C)c1C(C)C.Cc1nc([C@H](C)CCC(F)F)nc(C)c1C(C)C.Cc1nc([C@H](C)CCCF)nc(C(C)(C)C)c1C(C)C.Cc1nc([C@H](C)N(C)C)nc(C(C)(C)C)c1C(C)C. The van der Waals surface area contributed by atoms with Gasteiger partial charge in [-0.25, -0.2) is 67.4 Å². The summed E-state index contributed by atoms with van der Waals surface area (Å²) in [5.74, 6) is 6.44. The summed E-state index contributed by atoms with van der Waals surface area (Å²) in [5, 5.41) is 0. The number of alkyl halides is 6. The Labute approximate surface area is 593 Å². The standard InChI is InChI=1S/C17H28F2N2.2C17H29FN2.C16H29N3.C14H22F2N2/c1-10(2)14-12(4)20-16(11(3)8-9-13(18)19)21-15(14)17(5,6)7;2*1-11(2)14-13(4)19-16(12(3)9-8-10-18)20-15(14)17(5,6)7;1-10(2)13-11(3)17-15(12(4)19(8)9)18-14(13)16(5,6)7;1-8(2)13-10(4)17-14(18-11(13)5)9(3)6-7-12(15)16/h10-11,13H,8-9H2,1-7H3;2*11-12H,8-10H2,1-7H3;10,12H,1-9H3;8-9,12H,6-7H2,1-5H3/t11-;3*12-;9-/m01001/s1. The zero-order valence-corrected chi connectivity index (χ0v) is 68.2. The molecule has 0 saturated carbocycles. The van der Waals surface area contributed by atoms with E-state index in [0.717, 1.165) is 81.6 Å². The fraction of sp³-hybridized carbons (Fsp3) is 0.753. The number of halogens is 6. The van der Waals surface area contributed by atoms with Crippen LogP contribution in [0.3, 0.4) is 0 Å². The van der Waals surface area contributed by atoms with Gasteiger partial charge in [0.05, 0.1) is 42.2 Å². The fourth-order valence-electron chi connectivity index (χ4n) is 12.4. The van der Waals surface area contributed by atoms with Gasteiger partial charge in [-0.1, -0.05) is 180 Å². The largest absolute Gasteiger partial charge is 0.300 e. The maximum absolute atomic E-state index is 12.4. The van der Waals surface area contributed by atoms with Gasteiger partial charge in [0.2, 0.25) is 12.9 Å². The highest BCUT2D eigenvalue weighted by molar-refractivity contribution is 5.37. The highest BCUT2D eigenvalue weighted by Crippen LogP contribution is 2.37. The molecule has 0 unspecified atom stereocenters. The van der Waals surface area contributed by atoms with Crippen LogP contribution in [0.5, 0.6) is 0 Å². The second kappa shape index (κ2) is 40.0. The van der Waals surface area contributed by atoms with Gasteiger partial charge in [-0.2, -0.15) is 0 Å². The predicted molar refractivity (Wildman–Crippen MR) is 400 cm³/mol. The molecule has 5 aromatic rings. The minimum atomic E-state index is -2.26. The highest BCUT2D eigenvalue weighted by atomic mass is 19.3. The van der Waals surface area contributed by atoms with Crippen molar-refractivity contribution in [2.24, 2.45) is 0 Å². The molecule has 98 heavy (non-hydrogen) atoms. The van der Waals surface area contributed by atoms with Gasteiger partial charge >= 0.3 is 0 Å². The molecule has 0 fully saturated rings. The van der Waals surface area contributed by atoms with Gasteiger partial charge in [0, 0.05) is 92.3 Å². The number of aromatic nitrogens is 10. The molecular formula is C81H137F6N11. The zero-order chi connectivity index (χ0) is 76.2. The molecule has 0 aliphatic carbocycles. The lowest BCUT2D eigenvalue weighted by atomic mass is 9.84. The first-order valence-electron chi connectivity index (χ1n) is 36.5. The first-order chi connectivity index (χ1) is 44.8. The Morgan fingerprint density at radius 3 is 0.673 bits per heavy atom. The van der Waals surface area contributed by atoms with E-state index >= 15 is 0 Å². The molecule has 0 aromatic carbocycles. The van der Waals surface area contributed by atoms with Gasteiger partial charge in [-0.3, -0.25) is 13.7 Å². The van der Waals surface area contributed by atoms with Gasteiger partial charge in [-0.15, -0.1) is 0 Å². The summed E-state index contributed by atoms with van der Waals surface area (Å²) >= 11 is 0. The minimum Gasteiger partial charge on any atom is -0.300 e. The van der Waals surface area contributed by atoms with E-state index in [2.05, 4.69) is 238 Å². The van der Waals surface area contributed by atoms with Crippen molar-refractivity contribution in [3.05, 3.63) is 114 Å². The van der Waals surface area contributed by atoms with Crippen LogP contribution >= 0.6 is 0 Å². The first-order valence-corrected chi connectivity index (χ1v) is 36.5. The molecule has 17 heteroatoms. The van der Waals surface area contributed by atoms with E-state index in [4.69, 9.17) is 24.9 Å². The molecule has 5 heterocycles. The Bertz CT molecular complexity index is 3090. The predicted octanol–water partition coefficient (Wildman–Crippen LogP) is 23.7. The minimum absolute atomic E-state index is 0.00185. The topological polar surface area (TPSA) is 132 Å². The molecule has 11 nitrogen and oxygen atoms in total. The lowest BCUT2D eigenvalue weighted by molar-refractivity contribution is 0.131. The van der Waals surface area contributed by atoms with Gasteiger partial charge in [0.25, 0.3) is 0 Å². The van der Waals surface area contributed by atoms with Crippen LogP contribution in [-0.4, -0.2) is 95.0 Å². The van der Waals surface area contributed by atoms with Crippen LogP contribution in [0.15, 0.2) is 0 Å². The van der Waals surface area contributed by atoms with Gasteiger partial charge in [0.1, 0.15) is 29.1 Å². The normalized spacial score (nSPS) is 13.9. The third-order valence-electron chi connectivity index (χ3n) is 17.8. The second-order valence-corrected chi connectivity index (χ2v) is 33.5. The summed E-state index contributed by atoms with van der Waals surface area (Å²) in [5.41, 5.74) is 16.9. The van der Waals surface area contributed by atoms with E-state index in [1.807, 2.05) is 34.6 Å². The Morgan fingerprint density at radius 1 is 0.286 bits per heavy atom. The Balaban J connectivity index is 0.000000613. The van der Waals surface area contributed by atoms with Crippen LogP contribution in [0.4, 0.5) is 26.3 Å². The van der Waals surface area contributed by atoms with Crippen molar-refractivity contribution in [2.75, 3.05) is 27.4 Å². The first kappa shape index (κ1) is 91.0. The number of aryl methyl sites for hydroxylation is 6. The summed E-state index contributed by atoms with van der Waals surface area (Å²) in [7, 11) is 4.13. The van der Waals surface area contributed by atoms with Crippen molar-refractivity contribution in [3.8, 4) is 0 Å². The average Bonchev–Trinajstić information content (AvgIpc) is 0.812. The molecule has 5 atom stereocenters. The van der Waals surface area contributed by atoms with Gasteiger partial charge in [0.15, 0.2) is 0 Å². The average molecular weight is 1380 g/mol. The van der Waals surface area contributed by atoms with Gasteiger partial charge < -0.3 is 0 Å².